The van der Waals surface area contributed by atoms with Gasteiger partial charge in [-0.1, -0.05) is 55.0 Å². The number of hydrogen-bond acceptors (Lipinski definition) is 1. The molecule has 0 heterocycles. The summed E-state index contributed by atoms with van der Waals surface area (Å²) in [7, 11) is 0. The van der Waals surface area contributed by atoms with Gasteiger partial charge in [0.1, 0.15) is 0 Å². The van der Waals surface area contributed by atoms with E-state index in [9.17, 15) is 0 Å². The third-order valence-electron chi connectivity index (χ3n) is 3.19. The summed E-state index contributed by atoms with van der Waals surface area (Å²) in [5, 5.41) is 3.67. The minimum Gasteiger partial charge on any atom is -0.306 e. The summed E-state index contributed by atoms with van der Waals surface area (Å²) in [6, 6.07) is 17.7. The molecule has 0 aromatic heterocycles. The van der Waals surface area contributed by atoms with Crippen LogP contribution in [-0.4, -0.2) is 6.54 Å². The van der Waals surface area contributed by atoms with Gasteiger partial charge in [0.05, 0.1) is 6.04 Å². The summed E-state index contributed by atoms with van der Waals surface area (Å²) in [5.41, 5.74) is 4.02. The maximum absolute atomic E-state index is 3.67. The Labute approximate surface area is 129 Å². The van der Waals surface area contributed by atoms with Crippen molar-refractivity contribution in [1.29, 1.82) is 0 Å². The number of nitrogens with one attached hydrogen (secondary N) is 1. The Hall–Kier alpha value is -0.870. The fourth-order valence-electron chi connectivity index (χ4n) is 2.25. The molecular formula is C17H20IN. The van der Waals surface area contributed by atoms with Crippen LogP contribution in [0.3, 0.4) is 0 Å². The number of hydrogen-bond donors (Lipinski definition) is 1. The molecule has 2 heteroatoms. The summed E-state index contributed by atoms with van der Waals surface area (Å²) in [5.74, 6) is 0. The Morgan fingerprint density at radius 1 is 1.11 bits per heavy atom. The lowest BCUT2D eigenvalue weighted by atomic mass is 9.97. The van der Waals surface area contributed by atoms with Crippen molar-refractivity contribution in [3.63, 3.8) is 0 Å². The van der Waals surface area contributed by atoms with Crippen molar-refractivity contribution in [2.24, 2.45) is 0 Å². The Bertz CT molecular complexity index is 536. The van der Waals surface area contributed by atoms with Crippen LogP contribution < -0.4 is 5.32 Å². The first-order valence-electron chi connectivity index (χ1n) is 6.76. The minimum atomic E-state index is 0.285. The predicted octanol–water partition coefficient (Wildman–Crippen LogP) is 4.69. The maximum atomic E-state index is 3.67. The molecule has 0 radical (unpaired) electrons. The van der Waals surface area contributed by atoms with Gasteiger partial charge in [0.2, 0.25) is 0 Å². The van der Waals surface area contributed by atoms with Crippen molar-refractivity contribution in [2.75, 3.05) is 6.54 Å². The maximum Gasteiger partial charge on any atom is 0.0587 e. The van der Waals surface area contributed by atoms with E-state index in [4.69, 9.17) is 0 Å². The molecule has 2 rings (SSSR count). The summed E-state index contributed by atoms with van der Waals surface area (Å²) < 4.78 is 1.32. The van der Waals surface area contributed by atoms with E-state index in [0.29, 0.717) is 0 Å². The van der Waals surface area contributed by atoms with Gasteiger partial charge in [0.25, 0.3) is 0 Å². The van der Waals surface area contributed by atoms with Crippen LogP contribution in [0.2, 0.25) is 0 Å². The third kappa shape index (κ3) is 3.80. The summed E-state index contributed by atoms with van der Waals surface area (Å²) in [4.78, 5) is 0. The second-order valence-corrected chi connectivity index (χ2v) is 5.98. The largest absolute Gasteiger partial charge is 0.306 e. The molecule has 19 heavy (non-hydrogen) atoms. The molecule has 0 aliphatic carbocycles. The summed E-state index contributed by atoms with van der Waals surface area (Å²) in [6.45, 7) is 5.39. The van der Waals surface area contributed by atoms with Crippen LogP contribution in [0.25, 0.3) is 0 Å². The SMILES string of the molecule is CCCNC(c1cccc(C)c1)c1ccccc1I. The van der Waals surface area contributed by atoms with Crippen LogP contribution in [0.5, 0.6) is 0 Å². The number of benzene rings is 2. The molecule has 0 spiro atoms. The van der Waals surface area contributed by atoms with Gasteiger partial charge in [0.15, 0.2) is 0 Å². The van der Waals surface area contributed by atoms with Crippen molar-refractivity contribution in [2.45, 2.75) is 26.3 Å². The van der Waals surface area contributed by atoms with Crippen LogP contribution in [0.1, 0.15) is 36.1 Å². The third-order valence-corrected chi connectivity index (χ3v) is 4.17. The minimum absolute atomic E-state index is 0.285. The van der Waals surface area contributed by atoms with Crippen LogP contribution in [0, 0.1) is 10.5 Å². The molecule has 1 unspecified atom stereocenters. The zero-order valence-corrected chi connectivity index (χ0v) is 13.6. The molecule has 0 aliphatic rings. The lowest BCUT2D eigenvalue weighted by molar-refractivity contribution is 0.596. The van der Waals surface area contributed by atoms with E-state index < -0.39 is 0 Å². The molecule has 0 fully saturated rings. The second-order valence-electron chi connectivity index (χ2n) is 4.82. The fourth-order valence-corrected chi connectivity index (χ4v) is 2.95. The predicted molar refractivity (Wildman–Crippen MR) is 90.5 cm³/mol. The molecule has 1 N–H and O–H groups in total. The average molecular weight is 365 g/mol. The van der Waals surface area contributed by atoms with Crippen LogP contribution >= 0.6 is 22.6 Å². The van der Waals surface area contributed by atoms with Gasteiger partial charge in [-0.25, -0.2) is 0 Å². The summed E-state index contributed by atoms with van der Waals surface area (Å²) >= 11 is 2.42. The van der Waals surface area contributed by atoms with Gasteiger partial charge in [-0.3, -0.25) is 0 Å². The molecule has 2 aromatic carbocycles. The highest BCUT2D eigenvalue weighted by Gasteiger charge is 2.15. The highest BCUT2D eigenvalue weighted by atomic mass is 127. The van der Waals surface area contributed by atoms with Gasteiger partial charge < -0.3 is 5.32 Å². The molecule has 0 saturated heterocycles. The van der Waals surface area contributed by atoms with Crippen molar-refractivity contribution in [3.8, 4) is 0 Å². The Morgan fingerprint density at radius 3 is 2.58 bits per heavy atom. The molecular weight excluding hydrogens is 345 g/mol. The zero-order valence-electron chi connectivity index (χ0n) is 11.5. The lowest BCUT2D eigenvalue weighted by Gasteiger charge is -2.21. The molecule has 0 bridgehead atoms. The van der Waals surface area contributed by atoms with E-state index in [1.165, 1.54) is 20.3 Å². The van der Waals surface area contributed by atoms with Gasteiger partial charge >= 0.3 is 0 Å². The van der Waals surface area contributed by atoms with E-state index in [1.54, 1.807) is 0 Å². The van der Waals surface area contributed by atoms with Gasteiger partial charge in [-0.2, -0.15) is 0 Å². The normalized spacial score (nSPS) is 12.4. The molecule has 0 amide bonds. The standard InChI is InChI=1S/C17H20IN/c1-3-11-19-17(14-8-6-7-13(2)12-14)15-9-4-5-10-16(15)18/h4-10,12,17,19H,3,11H2,1-2H3. The van der Waals surface area contributed by atoms with Crippen molar-refractivity contribution >= 4 is 22.6 Å². The lowest BCUT2D eigenvalue weighted by Crippen LogP contribution is -2.24. The Morgan fingerprint density at radius 2 is 1.89 bits per heavy atom. The Balaban J connectivity index is 2.38. The number of halogens is 1. The van der Waals surface area contributed by atoms with Gasteiger partial charge in [-0.05, 0) is 59.7 Å². The molecule has 1 nitrogen and oxygen atoms in total. The quantitative estimate of drug-likeness (QED) is 0.759. The molecule has 1 atom stereocenters. The zero-order chi connectivity index (χ0) is 13.7. The molecule has 0 aliphatic heterocycles. The molecule has 100 valence electrons. The van der Waals surface area contributed by atoms with E-state index in [-0.39, 0.29) is 6.04 Å². The number of aryl methyl sites for hydroxylation is 1. The van der Waals surface area contributed by atoms with E-state index >= 15 is 0 Å². The smallest absolute Gasteiger partial charge is 0.0587 e. The first-order valence-corrected chi connectivity index (χ1v) is 7.84. The highest BCUT2D eigenvalue weighted by molar-refractivity contribution is 14.1. The molecule has 0 saturated carbocycles. The van der Waals surface area contributed by atoms with Gasteiger partial charge in [-0.15, -0.1) is 0 Å². The topological polar surface area (TPSA) is 12.0 Å². The monoisotopic (exact) mass is 365 g/mol. The Kier molecular flexibility index (Phi) is 5.40. The van der Waals surface area contributed by atoms with Gasteiger partial charge in [0, 0.05) is 3.57 Å². The second kappa shape index (κ2) is 7.06. The van der Waals surface area contributed by atoms with E-state index in [0.717, 1.165) is 13.0 Å². The van der Waals surface area contributed by atoms with Crippen molar-refractivity contribution in [3.05, 3.63) is 68.8 Å². The van der Waals surface area contributed by atoms with Crippen molar-refractivity contribution < 1.29 is 0 Å². The first kappa shape index (κ1) is 14.5. The summed E-state index contributed by atoms with van der Waals surface area (Å²) in [6.07, 6.45) is 1.14. The highest BCUT2D eigenvalue weighted by Crippen LogP contribution is 2.26. The van der Waals surface area contributed by atoms with Crippen molar-refractivity contribution in [1.82, 2.24) is 5.32 Å². The first-order chi connectivity index (χ1) is 9.22. The average Bonchev–Trinajstić information content (AvgIpc) is 2.41. The van der Waals surface area contributed by atoms with E-state index in [2.05, 4.69) is 90.3 Å². The van der Waals surface area contributed by atoms with Crippen LogP contribution in [0.15, 0.2) is 48.5 Å². The van der Waals surface area contributed by atoms with E-state index in [1.807, 2.05) is 0 Å². The van der Waals surface area contributed by atoms with Crippen LogP contribution in [-0.2, 0) is 0 Å². The molecule has 2 aromatic rings. The fraction of sp³-hybridized carbons (Fsp3) is 0.294. The number of rotatable bonds is 5. The van der Waals surface area contributed by atoms with Crippen LogP contribution in [0.4, 0.5) is 0 Å².